The summed E-state index contributed by atoms with van der Waals surface area (Å²) in [5, 5.41) is 5.29. The molecule has 9 nitrogen and oxygen atoms in total. The SMILES string of the molecule is CCCCNC(=O)OCCN(CCOC(=O)NCCCC)C(=O)CCCN. The molecule has 0 bridgehead atoms. The predicted octanol–water partition coefficient (Wildman–Crippen LogP) is 1.61. The first-order valence-electron chi connectivity index (χ1n) is 9.84. The summed E-state index contributed by atoms with van der Waals surface area (Å²) < 4.78 is 10.2. The van der Waals surface area contributed by atoms with Gasteiger partial charge in [-0.25, -0.2) is 9.59 Å². The Hall–Kier alpha value is -2.03. The van der Waals surface area contributed by atoms with Crippen molar-refractivity contribution in [1.82, 2.24) is 15.5 Å². The molecule has 0 aliphatic heterocycles. The van der Waals surface area contributed by atoms with Gasteiger partial charge in [-0.15, -0.1) is 0 Å². The number of carbonyl (C=O) groups excluding carboxylic acids is 3. The molecule has 0 unspecified atom stereocenters. The third-order valence-corrected chi connectivity index (χ3v) is 3.74. The number of alkyl carbamates (subject to hydrolysis) is 2. The van der Waals surface area contributed by atoms with Gasteiger partial charge in [0.15, 0.2) is 0 Å². The zero-order valence-electron chi connectivity index (χ0n) is 16.8. The molecule has 0 saturated carbocycles. The fourth-order valence-electron chi connectivity index (χ4n) is 2.11. The Morgan fingerprint density at radius 1 is 0.852 bits per heavy atom. The van der Waals surface area contributed by atoms with Crippen LogP contribution in [0.4, 0.5) is 9.59 Å². The minimum atomic E-state index is -0.496. The van der Waals surface area contributed by atoms with Gasteiger partial charge in [0.2, 0.25) is 5.91 Å². The van der Waals surface area contributed by atoms with Crippen LogP contribution in [-0.4, -0.2) is 68.9 Å². The fourth-order valence-corrected chi connectivity index (χ4v) is 2.11. The Bertz CT molecular complexity index is 393. The van der Waals surface area contributed by atoms with E-state index >= 15 is 0 Å². The minimum Gasteiger partial charge on any atom is -0.448 e. The average molecular weight is 389 g/mol. The van der Waals surface area contributed by atoms with Gasteiger partial charge in [-0.1, -0.05) is 26.7 Å². The number of rotatable bonds is 15. The molecule has 0 aromatic carbocycles. The lowest BCUT2D eigenvalue weighted by molar-refractivity contribution is -0.132. The Balaban J connectivity index is 4.22. The second kappa shape index (κ2) is 17.4. The number of nitrogens with zero attached hydrogens (tertiary/aromatic N) is 1. The van der Waals surface area contributed by atoms with Gasteiger partial charge >= 0.3 is 12.2 Å². The minimum absolute atomic E-state index is 0.0784. The number of hydrogen-bond acceptors (Lipinski definition) is 6. The van der Waals surface area contributed by atoms with Crippen molar-refractivity contribution >= 4 is 18.1 Å². The lowest BCUT2D eigenvalue weighted by Gasteiger charge is -2.22. The van der Waals surface area contributed by atoms with E-state index in [1.54, 1.807) is 0 Å². The van der Waals surface area contributed by atoms with Gasteiger partial charge in [-0.2, -0.15) is 0 Å². The third-order valence-electron chi connectivity index (χ3n) is 3.74. The van der Waals surface area contributed by atoms with E-state index in [0.29, 0.717) is 32.5 Å². The maximum Gasteiger partial charge on any atom is 0.407 e. The van der Waals surface area contributed by atoms with Crippen LogP contribution < -0.4 is 16.4 Å². The monoisotopic (exact) mass is 388 g/mol. The fraction of sp³-hybridized carbons (Fsp3) is 0.833. The molecular weight excluding hydrogens is 352 g/mol. The summed E-state index contributed by atoms with van der Waals surface area (Å²) in [6.07, 6.45) is 3.63. The van der Waals surface area contributed by atoms with Gasteiger partial charge in [0.05, 0.1) is 13.1 Å². The molecule has 0 aromatic rings. The highest BCUT2D eigenvalue weighted by molar-refractivity contribution is 5.76. The Kier molecular flexibility index (Phi) is 16.1. The van der Waals surface area contributed by atoms with E-state index in [4.69, 9.17) is 15.2 Å². The molecule has 4 N–H and O–H groups in total. The van der Waals surface area contributed by atoms with Gasteiger partial charge in [0.1, 0.15) is 13.2 Å². The number of nitrogens with two attached hydrogens (primary N) is 1. The first kappa shape index (κ1) is 25.0. The van der Waals surface area contributed by atoms with Crippen molar-refractivity contribution in [3.05, 3.63) is 0 Å². The van der Waals surface area contributed by atoms with Gasteiger partial charge in [-0.05, 0) is 25.8 Å². The number of carbonyl (C=O) groups is 3. The van der Waals surface area contributed by atoms with Gasteiger partial charge in [0, 0.05) is 19.5 Å². The molecule has 0 aliphatic carbocycles. The molecule has 27 heavy (non-hydrogen) atoms. The Morgan fingerprint density at radius 2 is 1.33 bits per heavy atom. The van der Waals surface area contributed by atoms with Crippen LogP contribution >= 0.6 is 0 Å². The highest BCUT2D eigenvalue weighted by Crippen LogP contribution is 1.99. The van der Waals surface area contributed by atoms with Crippen molar-refractivity contribution in [2.45, 2.75) is 52.4 Å². The second-order valence-corrected chi connectivity index (χ2v) is 6.11. The second-order valence-electron chi connectivity index (χ2n) is 6.11. The van der Waals surface area contributed by atoms with Crippen LogP contribution in [0.1, 0.15) is 52.4 Å². The van der Waals surface area contributed by atoms with Crippen LogP contribution in [0.25, 0.3) is 0 Å². The number of hydrogen-bond donors (Lipinski definition) is 3. The first-order chi connectivity index (χ1) is 13.0. The molecule has 0 aliphatic rings. The molecule has 0 radical (unpaired) electrons. The maximum absolute atomic E-state index is 12.2. The van der Waals surface area contributed by atoms with E-state index in [1.165, 1.54) is 4.90 Å². The number of amides is 3. The summed E-state index contributed by atoms with van der Waals surface area (Å²) in [6, 6.07) is 0. The van der Waals surface area contributed by atoms with E-state index < -0.39 is 12.2 Å². The molecule has 0 fully saturated rings. The molecule has 0 rings (SSSR count). The largest absolute Gasteiger partial charge is 0.448 e. The van der Waals surface area contributed by atoms with Gasteiger partial charge in [0.25, 0.3) is 0 Å². The lowest BCUT2D eigenvalue weighted by Crippen LogP contribution is -2.39. The van der Waals surface area contributed by atoms with Crippen molar-refractivity contribution in [2.24, 2.45) is 5.73 Å². The van der Waals surface area contributed by atoms with Crippen LogP contribution in [0.2, 0.25) is 0 Å². The Labute approximate surface area is 162 Å². The smallest absolute Gasteiger partial charge is 0.407 e. The third kappa shape index (κ3) is 14.8. The zero-order chi connectivity index (χ0) is 20.3. The van der Waals surface area contributed by atoms with E-state index in [0.717, 1.165) is 25.7 Å². The molecule has 3 amide bonds. The predicted molar refractivity (Wildman–Crippen MR) is 103 cm³/mol. The molecule has 0 heterocycles. The van der Waals surface area contributed by atoms with Crippen molar-refractivity contribution in [1.29, 1.82) is 0 Å². The lowest BCUT2D eigenvalue weighted by atomic mass is 10.2. The zero-order valence-corrected chi connectivity index (χ0v) is 16.8. The van der Waals surface area contributed by atoms with Crippen LogP contribution in [0.5, 0.6) is 0 Å². The van der Waals surface area contributed by atoms with Crippen LogP contribution in [-0.2, 0) is 14.3 Å². The van der Waals surface area contributed by atoms with Crippen LogP contribution in [0, 0.1) is 0 Å². The molecule has 0 saturated heterocycles. The standard InChI is InChI=1S/C18H36N4O5/c1-3-5-10-20-17(24)26-14-12-22(16(23)8-7-9-19)13-15-27-18(25)21-11-6-4-2/h3-15,19H2,1-2H3,(H,20,24)(H,21,25). The molecule has 0 spiro atoms. The molecule has 9 heteroatoms. The number of unbranched alkanes of at least 4 members (excludes halogenated alkanes) is 2. The molecule has 0 aromatic heterocycles. The van der Waals surface area contributed by atoms with E-state index in [2.05, 4.69) is 10.6 Å². The van der Waals surface area contributed by atoms with Gasteiger partial charge in [-0.3, -0.25) is 4.79 Å². The van der Waals surface area contributed by atoms with Crippen molar-refractivity contribution in [3.8, 4) is 0 Å². The van der Waals surface area contributed by atoms with Crippen molar-refractivity contribution in [3.63, 3.8) is 0 Å². The molecule has 0 atom stereocenters. The quantitative estimate of drug-likeness (QED) is 0.366. The van der Waals surface area contributed by atoms with Crippen molar-refractivity contribution < 1.29 is 23.9 Å². The van der Waals surface area contributed by atoms with E-state index in [9.17, 15) is 14.4 Å². The summed E-state index contributed by atoms with van der Waals surface area (Å²) in [5.74, 6) is -0.106. The molecule has 158 valence electrons. The van der Waals surface area contributed by atoms with Crippen LogP contribution in [0.15, 0.2) is 0 Å². The van der Waals surface area contributed by atoms with Crippen LogP contribution in [0.3, 0.4) is 0 Å². The summed E-state index contributed by atoms with van der Waals surface area (Å²) in [6.45, 7) is 6.26. The summed E-state index contributed by atoms with van der Waals surface area (Å²) in [5.41, 5.74) is 5.45. The number of nitrogens with one attached hydrogen (secondary N) is 2. The summed E-state index contributed by atoms with van der Waals surface area (Å²) in [4.78, 5) is 36.8. The normalized spacial score (nSPS) is 10.2. The average Bonchev–Trinajstić information content (AvgIpc) is 2.65. The highest BCUT2D eigenvalue weighted by atomic mass is 16.6. The molecular formula is C18H36N4O5. The summed E-state index contributed by atoms with van der Waals surface area (Å²) in [7, 11) is 0. The maximum atomic E-state index is 12.2. The van der Waals surface area contributed by atoms with Crippen molar-refractivity contribution in [2.75, 3.05) is 45.9 Å². The topological polar surface area (TPSA) is 123 Å². The summed E-state index contributed by atoms with van der Waals surface area (Å²) >= 11 is 0. The van der Waals surface area contributed by atoms with E-state index in [-0.39, 0.29) is 32.2 Å². The number of ether oxygens (including phenoxy) is 2. The van der Waals surface area contributed by atoms with E-state index in [1.807, 2.05) is 13.8 Å². The highest BCUT2D eigenvalue weighted by Gasteiger charge is 2.14. The first-order valence-corrected chi connectivity index (χ1v) is 9.84. The van der Waals surface area contributed by atoms with Gasteiger partial charge < -0.3 is 30.7 Å². The Morgan fingerprint density at radius 3 is 1.74 bits per heavy atom.